The van der Waals surface area contributed by atoms with Crippen LogP contribution >= 0.6 is 0 Å². The van der Waals surface area contributed by atoms with Crippen molar-refractivity contribution in [3.63, 3.8) is 0 Å². The predicted octanol–water partition coefficient (Wildman–Crippen LogP) is 7.29. The maximum absolute atomic E-state index is 12.9. The Labute approximate surface area is 197 Å². The van der Waals surface area contributed by atoms with E-state index in [9.17, 15) is 9.90 Å². The van der Waals surface area contributed by atoms with Gasteiger partial charge in [-0.1, -0.05) is 48.5 Å². The summed E-state index contributed by atoms with van der Waals surface area (Å²) >= 11 is 0. The maximum atomic E-state index is 12.9. The van der Waals surface area contributed by atoms with Gasteiger partial charge in [-0.25, -0.2) is 0 Å². The number of fused-ring (bicyclic) bond motifs is 7. The maximum Gasteiger partial charge on any atom is 0.138 e. The highest BCUT2D eigenvalue weighted by Gasteiger charge is 2.70. The first-order valence-electron chi connectivity index (χ1n) is 14.0. The van der Waals surface area contributed by atoms with Gasteiger partial charge in [-0.05, 0) is 115 Å². The Morgan fingerprint density at radius 2 is 1.56 bits per heavy atom. The van der Waals surface area contributed by atoms with Crippen molar-refractivity contribution in [2.45, 2.75) is 113 Å². The van der Waals surface area contributed by atoms with Gasteiger partial charge in [0.05, 0.1) is 0 Å². The molecule has 5 aliphatic carbocycles. The molecule has 0 aromatic heterocycles. The molecule has 5 aliphatic rings. The van der Waals surface area contributed by atoms with E-state index >= 15 is 0 Å². The molecule has 0 amide bonds. The molecule has 5 fully saturated rings. The number of hydrogen-bond donors (Lipinski definition) is 1. The molecule has 0 heterocycles. The molecule has 0 bridgehead atoms. The van der Waals surface area contributed by atoms with E-state index < -0.39 is 0 Å². The Balaban J connectivity index is 1.55. The monoisotopic (exact) mass is 442 g/mol. The van der Waals surface area contributed by atoms with Crippen LogP contribution in [0.1, 0.15) is 113 Å². The highest BCUT2D eigenvalue weighted by atomic mass is 16.3. The average Bonchev–Trinajstić information content (AvgIpc) is 3.12. The minimum absolute atomic E-state index is 0.154. The van der Waals surface area contributed by atoms with Crippen LogP contribution in [0.15, 0.2) is 0 Å². The molecule has 0 unspecified atom stereocenters. The normalized spacial score (nSPS) is 54.5. The molecular formula is C30H50O2. The third-order valence-corrected chi connectivity index (χ3v) is 13.6. The van der Waals surface area contributed by atoms with Crippen molar-refractivity contribution in [1.29, 1.82) is 0 Å². The number of rotatable bonds is 2. The van der Waals surface area contributed by atoms with E-state index in [2.05, 4.69) is 48.5 Å². The first-order chi connectivity index (χ1) is 14.9. The van der Waals surface area contributed by atoms with Crippen LogP contribution in [0.2, 0.25) is 0 Å². The number of hydrogen-bond acceptors (Lipinski definition) is 2. The number of aliphatic hydroxyl groups is 1. The van der Waals surface area contributed by atoms with Gasteiger partial charge in [0, 0.05) is 18.4 Å². The van der Waals surface area contributed by atoms with E-state index in [4.69, 9.17) is 0 Å². The molecule has 32 heavy (non-hydrogen) atoms. The minimum Gasteiger partial charge on any atom is -0.396 e. The van der Waals surface area contributed by atoms with E-state index in [-0.39, 0.29) is 10.8 Å². The molecule has 182 valence electrons. The third-order valence-electron chi connectivity index (χ3n) is 13.6. The molecule has 0 radical (unpaired) electrons. The van der Waals surface area contributed by atoms with Crippen LogP contribution in [0.5, 0.6) is 0 Å². The van der Waals surface area contributed by atoms with Gasteiger partial charge in [-0.3, -0.25) is 4.79 Å². The molecule has 2 heteroatoms. The van der Waals surface area contributed by atoms with E-state index in [1.807, 2.05) is 0 Å². The van der Waals surface area contributed by atoms with Crippen molar-refractivity contribution in [3.8, 4) is 0 Å². The molecule has 2 nitrogen and oxygen atoms in total. The fourth-order valence-corrected chi connectivity index (χ4v) is 11.6. The molecule has 1 N–H and O–H groups in total. The van der Waals surface area contributed by atoms with Gasteiger partial charge in [0.2, 0.25) is 0 Å². The smallest absolute Gasteiger partial charge is 0.138 e. The van der Waals surface area contributed by atoms with Crippen LogP contribution in [-0.2, 0) is 4.79 Å². The Hall–Kier alpha value is -0.370. The quantitative estimate of drug-likeness (QED) is 0.487. The first kappa shape index (κ1) is 23.4. The second kappa shape index (κ2) is 7.08. The summed E-state index contributed by atoms with van der Waals surface area (Å²) in [4.78, 5) is 12.9. The Morgan fingerprint density at radius 3 is 2.22 bits per heavy atom. The first-order valence-corrected chi connectivity index (χ1v) is 14.0. The molecule has 5 saturated carbocycles. The van der Waals surface area contributed by atoms with Crippen LogP contribution in [0, 0.1) is 62.6 Å². The van der Waals surface area contributed by atoms with Crippen LogP contribution in [0.4, 0.5) is 0 Å². The van der Waals surface area contributed by atoms with Gasteiger partial charge < -0.3 is 5.11 Å². The van der Waals surface area contributed by atoms with Crippen molar-refractivity contribution in [2.75, 3.05) is 6.61 Å². The summed E-state index contributed by atoms with van der Waals surface area (Å²) in [5.41, 5.74) is 1.08. The van der Waals surface area contributed by atoms with Gasteiger partial charge in [-0.2, -0.15) is 0 Å². The van der Waals surface area contributed by atoms with Gasteiger partial charge >= 0.3 is 0 Å². The standard InChI is InChI=1S/C30H50O2/c1-19(2)20-10-15-30(18-31)17-16-28(6)21(25(20)30)8-9-23-27(5)13-12-24(32)26(3,4)22(27)11-14-29(23,28)7/h19-23,25,31H,8-18H2,1-7H3/t20-,21+,22-,23+,25+,27-,28+,29+,30+/m0/s1. The molecule has 0 spiro atoms. The highest BCUT2D eigenvalue weighted by molar-refractivity contribution is 5.85. The van der Waals surface area contributed by atoms with Gasteiger partial charge in [0.15, 0.2) is 0 Å². The summed E-state index contributed by atoms with van der Waals surface area (Å²) < 4.78 is 0. The number of Topliss-reactive ketones (excluding diaryl/α,β-unsaturated/α-hetero) is 1. The summed E-state index contributed by atoms with van der Waals surface area (Å²) in [5, 5.41) is 10.7. The lowest BCUT2D eigenvalue weighted by Crippen LogP contribution is -2.66. The molecule has 0 aliphatic heterocycles. The second-order valence-electron chi connectivity index (χ2n) is 14.8. The summed E-state index contributed by atoms with van der Waals surface area (Å²) in [5.74, 6) is 4.77. The molecule has 0 aromatic carbocycles. The second-order valence-corrected chi connectivity index (χ2v) is 14.8. The predicted molar refractivity (Wildman–Crippen MR) is 131 cm³/mol. The summed E-state index contributed by atoms with van der Waals surface area (Å²) in [6, 6.07) is 0. The SMILES string of the molecule is CC(C)[C@@H]1CC[C@]2(CO)CC[C@]3(C)[C@H](CC[C@@H]4[C@@]5(C)CCC(=O)C(C)(C)[C@@H]5CC[C@]43C)[C@@H]12. The van der Waals surface area contributed by atoms with Crippen molar-refractivity contribution < 1.29 is 9.90 Å². The topological polar surface area (TPSA) is 37.3 Å². The van der Waals surface area contributed by atoms with E-state index in [0.717, 1.165) is 36.5 Å². The Morgan fingerprint density at radius 1 is 0.844 bits per heavy atom. The van der Waals surface area contributed by atoms with Gasteiger partial charge in [-0.15, -0.1) is 0 Å². The largest absolute Gasteiger partial charge is 0.396 e. The summed E-state index contributed by atoms with van der Waals surface area (Å²) in [6.07, 6.45) is 12.2. The number of carbonyl (C=O) groups is 1. The van der Waals surface area contributed by atoms with Crippen molar-refractivity contribution in [1.82, 2.24) is 0 Å². The molecule has 9 atom stereocenters. The lowest BCUT2D eigenvalue weighted by atomic mass is 9.32. The van der Waals surface area contributed by atoms with Crippen LogP contribution < -0.4 is 0 Å². The third kappa shape index (κ3) is 2.66. The van der Waals surface area contributed by atoms with E-state index in [1.165, 1.54) is 51.4 Å². The van der Waals surface area contributed by atoms with Gasteiger partial charge in [0.1, 0.15) is 5.78 Å². The van der Waals surface area contributed by atoms with E-state index in [0.29, 0.717) is 40.5 Å². The molecule has 0 saturated heterocycles. The van der Waals surface area contributed by atoms with E-state index in [1.54, 1.807) is 0 Å². The van der Waals surface area contributed by atoms with Crippen molar-refractivity contribution >= 4 is 5.78 Å². The molecule has 0 aromatic rings. The molecule has 5 rings (SSSR count). The number of ketones is 1. The minimum atomic E-state index is -0.154. The fourth-order valence-electron chi connectivity index (χ4n) is 11.6. The van der Waals surface area contributed by atoms with Gasteiger partial charge in [0.25, 0.3) is 0 Å². The highest BCUT2D eigenvalue weighted by Crippen LogP contribution is 2.77. The number of carbonyl (C=O) groups excluding carboxylic acids is 1. The fraction of sp³-hybridized carbons (Fsp3) is 0.967. The molecular weight excluding hydrogens is 392 g/mol. The van der Waals surface area contributed by atoms with Crippen LogP contribution in [0.3, 0.4) is 0 Å². The summed E-state index contributed by atoms with van der Waals surface area (Å²) in [7, 11) is 0. The Kier molecular flexibility index (Phi) is 5.17. The van der Waals surface area contributed by atoms with Crippen LogP contribution in [-0.4, -0.2) is 17.5 Å². The Bertz CT molecular complexity index is 784. The van der Waals surface area contributed by atoms with Crippen molar-refractivity contribution in [2.24, 2.45) is 62.6 Å². The zero-order chi connectivity index (χ0) is 23.3. The van der Waals surface area contributed by atoms with Crippen molar-refractivity contribution in [3.05, 3.63) is 0 Å². The zero-order valence-electron chi connectivity index (χ0n) is 22.1. The summed E-state index contributed by atoms with van der Waals surface area (Å²) in [6.45, 7) is 17.7. The zero-order valence-corrected chi connectivity index (χ0v) is 22.1. The number of aliphatic hydroxyl groups excluding tert-OH is 1. The lowest BCUT2D eigenvalue weighted by molar-refractivity contribution is -0.238. The average molecular weight is 443 g/mol. The lowest BCUT2D eigenvalue weighted by Gasteiger charge is -2.72. The van der Waals surface area contributed by atoms with Crippen LogP contribution in [0.25, 0.3) is 0 Å².